The second kappa shape index (κ2) is 5.56. The average Bonchev–Trinajstić information content (AvgIpc) is 2.20. The zero-order valence-electron chi connectivity index (χ0n) is 8.46. The lowest BCUT2D eigenvalue weighted by atomic mass is 10.2. The van der Waals surface area contributed by atoms with E-state index in [-0.39, 0.29) is 10.6 Å². The van der Waals surface area contributed by atoms with Crippen LogP contribution in [0.2, 0.25) is 5.02 Å². The standard InChI is InChI=1S/C10H13ClN2O2/c1-2-3-4-12-9-5-7(10(14)15)8(11)6-13-9/h5-6H,2-4H2,1H3,(H,12,13)(H,14,15). The Kier molecular flexibility index (Phi) is 4.37. The SMILES string of the molecule is CCCCNc1cc(C(=O)O)c(Cl)cn1. The van der Waals surface area contributed by atoms with Crippen LogP contribution in [0.4, 0.5) is 5.82 Å². The molecule has 0 spiro atoms. The van der Waals surface area contributed by atoms with Crippen LogP contribution < -0.4 is 5.32 Å². The van der Waals surface area contributed by atoms with Gasteiger partial charge in [-0.05, 0) is 12.5 Å². The largest absolute Gasteiger partial charge is 0.478 e. The molecule has 0 saturated heterocycles. The molecule has 15 heavy (non-hydrogen) atoms. The van der Waals surface area contributed by atoms with Gasteiger partial charge in [0, 0.05) is 12.7 Å². The molecule has 5 heteroatoms. The summed E-state index contributed by atoms with van der Waals surface area (Å²) in [4.78, 5) is 14.8. The highest BCUT2D eigenvalue weighted by Gasteiger charge is 2.09. The van der Waals surface area contributed by atoms with Crippen molar-refractivity contribution in [2.24, 2.45) is 0 Å². The van der Waals surface area contributed by atoms with E-state index >= 15 is 0 Å². The van der Waals surface area contributed by atoms with Gasteiger partial charge in [-0.15, -0.1) is 0 Å². The third kappa shape index (κ3) is 3.40. The van der Waals surface area contributed by atoms with Crippen molar-refractivity contribution >= 4 is 23.4 Å². The summed E-state index contributed by atoms with van der Waals surface area (Å²) in [5.41, 5.74) is 0.0747. The van der Waals surface area contributed by atoms with Gasteiger partial charge in [0.2, 0.25) is 0 Å². The zero-order chi connectivity index (χ0) is 11.3. The zero-order valence-corrected chi connectivity index (χ0v) is 9.21. The van der Waals surface area contributed by atoms with Crippen LogP contribution in [0, 0.1) is 0 Å². The van der Waals surface area contributed by atoms with Gasteiger partial charge in [-0.1, -0.05) is 24.9 Å². The van der Waals surface area contributed by atoms with Crippen LogP contribution in [0.1, 0.15) is 30.1 Å². The van der Waals surface area contributed by atoms with Crippen molar-refractivity contribution in [3.05, 3.63) is 22.8 Å². The summed E-state index contributed by atoms with van der Waals surface area (Å²) in [5, 5.41) is 12.0. The van der Waals surface area contributed by atoms with Crippen molar-refractivity contribution in [1.29, 1.82) is 0 Å². The fraction of sp³-hybridized carbons (Fsp3) is 0.400. The maximum Gasteiger partial charge on any atom is 0.337 e. The number of hydrogen-bond donors (Lipinski definition) is 2. The van der Waals surface area contributed by atoms with Gasteiger partial charge in [-0.2, -0.15) is 0 Å². The van der Waals surface area contributed by atoms with Crippen LogP contribution in [-0.2, 0) is 0 Å². The van der Waals surface area contributed by atoms with E-state index in [1.165, 1.54) is 12.3 Å². The van der Waals surface area contributed by atoms with E-state index in [2.05, 4.69) is 17.2 Å². The van der Waals surface area contributed by atoms with Crippen molar-refractivity contribution in [3.8, 4) is 0 Å². The van der Waals surface area contributed by atoms with Crippen LogP contribution in [0.3, 0.4) is 0 Å². The number of rotatable bonds is 5. The first-order valence-corrected chi connectivity index (χ1v) is 5.15. The third-order valence-corrected chi connectivity index (χ3v) is 2.22. The van der Waals surface area contributed by atoms with E-state index in [0.29, 0.717) is 5.82 Å². The van der Waals surface area contributed by atoms with Crippen LogP contribution in [0.5, 0.6) is 0 Å². The molecule has 0 fully saturated rings. The Morgan fingerprint density at radius 2 is 2.40 bits per heavy atom. The van der Waals surface area contributed by atoms with Gasteiger partial charge in [-0.25, -0.2) is 9.78 Å². The topological polar surface area (TPSA) is 62.2 Å². The highest BCUT2D eigenvalue weighted by atomic mass is 35.5. The van der Waals surface area contributed by atoms with Gasteiger partial charge in [0.05, 0.1) is 10.6 Å². The Morgan fingerprint density at radius 1 is 1.67 bits per heavy atom. The number of aromatic nitrogens is 1. The van der Waals surface area contributed by atoms with Gasteiger partial charge in [0.15, 0.2) is 0 Å². The Balaban J connectivity index is 2.74. The molecule has 1 aromatic heterocycles. The second-order valence-corrected chi connectivity index (χ2v) is 3.54. The Hall–Kier alpha value is -1.29. The third-order valence-electron chi connectivity index (χ3n) is 1.92. The molecule has 0 bridgehead atoms. The van der Waals surface area contributed by atoms with Crippen LogP contribution >= 0.6 is 11.6 Å². The summed E-state index contributed by atoms with van der Waals surface area (Å²) in [5.74, 6) is -0.494. The summed E-state index contributed by atoms with van der Waals surface area (Å²) in [6.07, 6.45) is 3.44. The van der Waals surface area contributed by atoms with E-state index < -0.39 is 5.97 Å². The minimum Gasteiger partial charge on any atom is -0.478 e. The molecule has 1 aromatic rings. The fourth-order valence-corrected chi connectivity index (χ4v) is 1.28. The Morgan fingerprint density at radius 3 is 3.00 bits per heavy atom. The summed E-state index contributed by atoms with van der Waals surface area (Å²) >= 11 is 5.68. The summed E-state index contributed by atoms with van der Waals surface area (Å²) in [7, 11) is 0. The normalized spacial score (nSPS) is 10.0. The van der Waals surface area contributed by atoms with Gasteiger partial charge < -0.3 is 10.4 Å². The quantitative estimate of drug-likeness (QED) is 0.761. The lowest BCUT2D eigenvalue weighted by Gasteiger charge is -2.05. The average molecular weight is 229 g/mol. The van der Waals surface area contributed by atoms with Gasteiger partial charge in [-0.3, -0.25) is 0 Å². The summed E-state index contributed by atoms with van der Waals surface area (Å²) < 4.78 is 0. The van der Waals surface area contributed by atoms with E-state index in [9.17, 15) is 4.79 Å². The van der Waals surface area contributed by atoms with E-state index in [4.69, 9.17) is 16.7 Å². The predicted molar refractivity (Wildman–Crippen MR) is 59.6 cm³/mol. The smallest absolute Gasteiger partial charge is 0.337 e. The first kappa shape index (κ1) is 11.8. The van der Waals surface area contributed by atoms with Crippen molar-refractivity contribution in [1.82, 2.24) is 4.98 Å². The Bertz CT molecular complexity index is 355. The second-order valence-electron chi connectivity index (χ2n) is 3.13. The fourth-order valence-electron chi connectivity index (χ4n) is 1.09. The number of carboxylic acids is 1. The number of carboxylic acid groups (broad SMARTS) is 1. The molecule has 0 radical (unpaired) electrons. The number of unbranched alkanes of at least 4 members (excludes halogenated alkanes) is 1. The molecular weight excluding hydrogens is 216 g/mol. The first-order valence-electron chi connectivity index (χ1n) is 4.78. The number of carbonyl (C=O) groups is 1. The highest BCUT2D eigenvalue weighted by molar-refractivity contribution is 6.33. The lowest BCUT2D eigenvalue weighted by molar-refractivity contribution is 0.0697. The van der Waals surface area contributed by atoms with Crippen molar-refractivity contribution in [3.63, 3.8) is 0 Å². The van der Waals surface area contributed by atoms with Gasteiger partial charge >= 0.3 is 5.97 Å². The highest BCUT2D eigenvalue weighted by Crippen LogP contribution is 2.17. The number of nitrogens with zero attached hydrogens (tertiary/aromatic N) is 1. The summed E-state index contributed by atoms with van der Waals surface area (Å²) in [6.45, 7) is 2.86. The van der Waals surface area contributed by atoms with E-state index in [0.717, 1.165) is 19.4 Å². The number of anilines is 1. The molecule has 0 aliphatic carbocycles. The number of halogens is 1. The minimum atomic E-state index is -1.04. The van der Waals surface area contributed by atoms with Crippen molar-refractivity contribution < 1.29 is 9.90 Å². The van der Waals surface area contributed by atoms with Gasteiger partial charge in [0.25, 0.3) is 0 Å². The van der Waals surface area contributed by atoms with E-state index in [1.807, 2.05) is 0 Å². The van der Waals surface area contributed by atoms with Crippen LogP contribution in [0.15, 0.2) is 12.3 Å². The molecule has 2 N–H and O–H groups in total. The van der Waals surface area contributed by atoms with Crippen molar-refractivity contribution in [2.45, 2.75) is 19.8 Å². The number of nitrogens with one attached hydrogen (secondary N) is 1. The number of aromatic carboxylic acids is 1. The molecule has 0 atom stereocenters. The van der Waals surface area contributed by atoms with Crippen LogP contribution in [0.25, 0.3) is 0 Å². The molecule has 0 aromatic carbocycles. The predicted octanol–water partition coefficient (Wildman–Crippen LogP) is 2.65. The maximum atomic E-state index is 10.8. The molecule has 0 aliphatic heterocycles. The van der Waals surface area contributed by atoms with E-state index in [1.54, 1.807) is 0 Å². The molecule has 1 heterocycles. The van der Waals surface area contributed by atoms with Gasteiger partial charge in [0.1, 0.15) is 5.82 Å². The number of pyridine rings is 1. The molecule has 0 unspecified atom stereocenters. The molecule has 82 valence electrons. The minimum absolute atomic E-state index is 0.0747. The molecule has 1 rings (SSSR count). The molecule has 0 aliphatic rings. The maximum absolute atomic E-state index is 10.8. The monoisotopic (exact) mass is 228 g/mol. The molecule has 0 amide bonds. The summed E-state index contributed by atoms with van der Waals surface area (Å²) in [6, 6.07) is 1.44. The first-order chi connectivity index (χ1) is 7.15. The Labute approximate surface area is 93.3 Å². The molecule has 4 nitrogen and oxygen atoms in total. The lowest BCUT2D eigenvalue weighted by Crippen LogP contribution is -2.05. The van der Waals surface area contributed by atoms with Crippen molar-refractivity contribution in [2.75, 3.05) is 11.9 Å². The number of hydrogen-bond acceptors (Lipinski definition) is 3. The molecular formula is C10H13ClN2O2. The van der Waals surface area contributed by atoms with Crippen LogP contribution in [-0.4, -0.2) is 22.6 Å². The molecule has 0 saturated carbocycles.